The zero-order valence-corrected chi connectivity index (χ0v) is 20.5. The third kappa shape index (κ3) is 5.15. The Morgan fingerprint density at radius 3 is 2.27 bits per heavy atom. The Hall–Kier alpha value is -2.24. The van der Waals surface area contributed by atoms with Crippen LogP contribution >= 0.6 is 0 Å². The van der Waals surface area contributed by atoms with Gasteiger partial charge in [0.1, 0.15) is 5.75 Å². The summed E-state index contributed by atoms with van der Waals surface area (Å²) in [6.45, 7) is 11.8. The average molecular weight is 449 g/mol. The van der Waals surface area contributed by atoms with Crippen LogP contribution in [0.25, 0.3) is 0 Å². The summed E-state index contributed by atoms with van der Waals surface area (Å²) in [6.07, 6.45) is 5.25. The molecule has 3 aliphatic rings. The summed E-state index contributed by atoms with van der Waals surface area (Å²) in [5, 5.41) is 0. The molecule has 0 N–H and O–H groups in total. The molecule has 5 nitrogen and oxygen atoms in total. The van der Waals surface area contributed by atoms with Crippen LogP contribution in [0.3, 0.4) is 0 Å². The van der Waals surface area contributed by atoms with Crippen molar-refractivity contribution in [1.82, 2.24) is 9.80 Å². The first-order valence-electron chi connectivity index (χ1n) is 12.9. The van der Waals surface area contributed by atoms with Crippen LogP contribution in [-0.2, 0) is 0 Å². The van der Waals surface area contributed by atoms with Gasteiger partial charge in [0.2, 0.25) is 0 Å². The predicted molar refractivity (Wildman–Crippen MR) is 138 cm³/mol. The molecule has 0 bridgehead atoms. The Balaban J connectivity index is 1.12. The summed E-state index contributed by atoms with van der Waals surface area (Å²) in [5.74, 6) is 0.955. The summed E-state index contributed by atoms with van der Waals surface area (Å²) in [4.78, 5) is 10.7. The van der Waals surface area contributed by atoms with E-state index >= 15 is 0 Å². The molecule has 33 heavy (non-hydrogen) atoms. The molecule has 2 aromatic carbocycles. The molecule has 0 aliphatic carbocycles. The van der Waals surface area contributed by atoms with Gasteiger partial charge in [0.05, 0.1) is 7.11 Å². The standard InChI is InChI=1S/C28H40N4O/c1-23-7-3-4-11-28(23)31-19-17-30(18-20-31)26-9-6-14-32(22-26)24-12-15-29(16-13-24)25-8-5-10-27(21-25)33-2/h3-5,7-8,10-11,21,24,26H,6,9,12-20,22H2,1-2H3. The summed E-state index contributed by atoms with van der Waals surface area (Å²) in [6, 6.07) is 18.8. The normalized spacial score (nSPS) is 23.6. The maximum absolute atomic E-state index is 5.43. The van der Waals surface area contributed by atoms with E-state index in [-0.39, 0.29) is 0 Å². The van der Waals surface area contributed by atoms with Gasteiger partial charge in [0.25, 0.3) is 0 Å². The van der Waals surface area contributed by atoms with E-state index in [2.05, 4.69) is 69.0 Å². The molecule has 3 saturated heterocycles. The van der Waals surface area contributed by atoms with Gasteiger partial charge >= 0.3 is 0 Å². The lowest BCUT2D eigenvalue weighted by molar-refractivity contribution is 0.0595. The molecule has 3 aliphatic heterocycles. The van der Waals surface area contributed by atoms with Crippen LogP contribution in [0.4, 0.5) is 11.4 Å². The number of nitrogens with zero attached hydrogens (tertiary/aromatic N) is 4. The molecule has 0 spiro atoms. The zero-order chi connectivity index (χ0) is 22.6. The predicted octanol–water partition coefficient (Wildman–Crippen LogP) is 4.26. The summed E-state index contributed by atoms with van der Waals surface area (Å²) >= 11 is 0. The van der Waals surface area contributed by atoms with E-state index < -0.39 is 0 Å². The molecule has 3 heterocycles. The van der Waals surface area contributed by atoms with Crippen LogP contribution < -0.4 is 14.5 Å². The average Bonchev–Trinajstić information content (AvgIpc) is 2.89. The fraction of sp³-hybridized carbons (Fsp3) is 0.571. The van der Waals surface area contributed by atoms with E-state index in [4.69, 9.17) is 4.74 Å². The fourth-order valence-corrected chi connectivity index (χ4v) is 6.16. The minimum absolute atomic E-state index is 0.731. The summed E-state index contributed by atoms with van der Waals surface area (Å²) in [7, 11) is 1.75. The van der Waals surface area contributed by atoms with E-state index in [1.807, 2.05) is 6.07 Å². The molecular weight excluding hydrogens is 408 g/mol. The van der Waals surface area contributed by atoms with Crippen molar-refractivity contribution in [1.29, 1.82) is 0 Å². The Morgan fingerprint density at radius 2 is 1.52 bits per heavy atom. The van der Waals surface area contributed by atoms with Crippen molar-refractivity contribution in [3.05, 3.63) is 54.1 Å². The first kappa shape index (κ1) is 22.5. The van der Waals surface area contributed by atoms with E-state index in [0.717, 1.165) is 44.0 Å². The third-order valence-corrected chi connectivity index (χ3v) is 8.11. The Bertz CT molecular complexity index is 902. The van der Waals surface area contributed by atoms with Crippen LogP contribution in [0.5, 0.6) is 5.75 Å². The highest BCUT2D eigenvalue weighted by Crippen LogP contribution is 2.29. The quantitative estimate of drug-likeness (QED) is 0.680. The molecule has 5 rings (SSSR count). The Kier molecular flexibility index (Phi) is 7.07. The smallest absolute Gasteiger partial charge is 0.120 e. The second-order valence-corrected chi connectivity index (χ2v) is 10.0. The number of anilines is 2. The SMILES string of the molecule is COc1cccc(N2CCC(N3CCCC(N4CCN(c5ccccc5C)CC4)C3)CC2)c1. The van der Waals surface area contributed by atoms with Gasteiger partial charge in [0, 0.05) is 75.3 Å². The van der Waals surface area contributed by atoms with Crippen molar-refractivity contribution in [3.8, 4) is 5.75 Å². The van der Waals surface area contributed by atoms with E-state index in [9.17, 15) is 0 Å². The van der Waals surface area contributed by atoms with E-state index in [1.54, 1.807) is 7.11 Å². The van der Waals surface area contributed by atoms with Gasteiger partial charge in [-0.05, 0) is 62.9 Å². The molecule has 0 radical (unpaired) electrons. The molecule has 178 valence electrons. The second-order valence-electron chi connectivity index (χ2n) is 10.0. The topological polar surface area (TPSA) is 22.2 Å². The van der Waals surface area contributed by atoms with Crippen LogP contribution in [0.15, 0.2) is 48.5 Å². The van der Waals surface area contributed by atoms with E-state index in [1.165, 1.54) is 68.8 Å². The lowest BCUT2D eigenvalue weighted by Gasteiger charge is -2.47. The number of methoxy groups -OCH3 is 1. The third-order valence-electron chi connectivity index (χ3n) is 8.11. The van der Waals surface area contributed by atoms with Crippen molar-refractivity contribution >= 4 is 11.4 Å². The lowest BCUT2D eigenvalue weighted by Crippen LogP contribution is -2.57. The van der Waals surface area contributed by atoms with Gasteiger partial charge in [0.15, 0.2) is 0 Å². The number of piperazine rings is 1. The summed E-state index contributed by atoms with van der Waals surface area (Å²) in [5.41, 5.74) is 4.12. The first-order chi connectivity index (χ1) is 16.2. The van der Waals surface area contributed by atoms with Crippen molar-refractivity contribution in [2.24, 2.45) is 0 Å². The molecule has 5 heteroatoms. The molecule has 3 fully saturated rings. The van der Waals surface area contributed by atoms with Gasteiger partial charge in [-0.2, -0.15) is 0 Å². The number of rotatable bonds is 5. The number of aryl methyl sites for hydroxylation is 1. The van der Waals surface area contributed by atoms with Crippen molar-refractivity contribution < 1.29 is 4.74 Å². The number of ether oxygens (including phenoxy) is 1. The first-order valence-corrected chi connectivity index (χ1v) is 12.9. The molecular formula is C28H40N4O. The summed E-state index contributed by atoms with van der Waals surface area (Å²) < 4.78 is 5.43. The van der Waals surface area contributed by atoms with Crippen LogP contribution in [0.2, 0.25) is 0 Å². The molecule has 1 unspecified atom stereocenters. The number of hydrogen-bond donors (Lipinski definition) is 0. The highest BCUT2D eigenvalue weighted by molar-refractivity contribution is 5.53. The van der Waals surface area contributed by atoms with Crippen LogP contribution in [-0.4, -0.2) is 81.4 Å². The minimum Gasteiger partial charge on any atom is -0.497 e. The number of hydrogen-bond acceptors (Lipinski definition) is 5. The van der Waals surface area contributed by atoms with Gasteiger partial charge < -0.3 is 14.5 Å². The monoisotopic (exact) mass is 448 g/mol. The van der Waals surface area contributed by atoms with Crippen molar-refractivity contribution in [3.63, 3.8) is 0 Å². The van der Waals surface area contributed by atoms with Gasteiger partial charge in [-0.25, -0.2) is 0 Å². The highest BCUT2D eigenvalue weighted by atomic mass is 16.5. The highest BCUT2D eigenvalue weighted by Gasteiger charge is 2.32. The maximum atomic E-state index is 5.43. The number of likely N-dealkylation sites (tertiary alicyclic amines) is 1. The molecule has 2 aromatic rings. The molecule has 0 aromatic heterocycles. The van der Waals surface area contributed by atoms with Crippen LogP contribution in [0, 0.1) is 6.92 Å². The Morgan fingerprint density at radius 1 is 0.727 bits per heavy atom. The molecule has 0 saturated carbocycles. The zero-order valence-electron chi connectivity index (χ0n) is 20.5. The lowest BCUT2D eigenvalue weighted by atomic mass is 9.96. The minimum atomic E-state index is 0.731. The molecule has 1 atom stereocenters. The number of benzene rings is 2. The second kappa shape index (κ2) is 10.4. The van der Waals surface area contributed by atoms with Crippen LogP contribution in [0.1, 0.15) is 31.2 Å². The van der Waals surface area contributed by atoms with Gasteiger partial charge in [-0.1, -0.05) is 24.3 Å². The number of para-hydroxylation sites is 1. The fourth-order valence-electron chi connectivity index (χ4n) is 6.16. The van der Waals surface area contributed by atoms with E-state index in [0.29, 0.717) is 0 Å². The Labute approximate surface area is 199 Å². The molecule has 0 amide bonds. The maximum Gasteiger partial charge on any atom is 0.120 e. The van der Waals surface area contributed by atoms with Gasteiger partial charge in [-0.15, -0.1) is 0 Å². The van der Waals surface area contributed by atoms with Gasteiger partial charge in [-0.3, -0.25) is 9.80 Å². The number of piperidine rings is 2. The largest absolute Gasteiger partial charge is 0.497 e. The van der Waals surface area contributed by atoms with Crippen molar-refractivity contribution in [2.45, 2.75) is 44.7 Å². The van der Waals surface area contributed by atoms with Crippen molar-refractivity contribution in [2.75, 3.05) is 69.3 Å².